The number of H-pyrrole nitrogens is 1. The number of carbonyl (C=O) groups excluding carboxylic acids is 1. The van der Waals surface area contributed by atoms with Crippen LogP contribution in [0.5, 0.6) is 5.75 Å². The summed E-state index contributed by atoms with van der Waals surface area (Å²) < 4.78 is 0. The number of anilines is 1. The van der Waals surface area contributed by atoms with Gasteiger partial charge in [-0.05, 0) is 26.0 Å². The molecule has 0 saturated heterocycles. The maximum atomic E-state index is 12.1. The van der Waals surface area contributed by atoms with Gasteiger partial charge in [0.15, 0.2) is 0 Å². The van der Waals surface area contributed by atoms with Gasteiger partial charge >= 0.3 is 5.97 Å². The van der Waals surface area contributed by atoms with Crippen LogP contribution >= 0.6 is 0 Å². The van der Waals surface area contributed by atoms with E-state index < -0.39 is 11.9 Å². The van der Waals surface area contributed by atoms with Crippen LogP contribution in [-0.2, 0) is 0 Å². The quantitative estimate of drug-likeness (QED) is 0.689. The molecule has 2 rings (SSSR count). The van der Waals surface area contributed by atoms with Gasteiger partial charge < -0.3 is 20.5 Å². The van der Waals surface area contributed by atoms with Gasteiger partial charge in [-0.15, -0.1) is 0 Å². The molecule has 0 aliphatic heterocycles. The van der Waals surface area contributed by atoms with Crippen molar-refractivity contribution in [1.82, 2.24) is 4.98 Å². The number of aromatic carboxylic acids is 1. The highest BCUT2D eigenvalue weighted by molar-refractivity contribution is 6.09. The molecule has 20 heavy (non-hydrogen) atoms. The average molecular weight is 274 g/mol. The summed E-state index contributed by atoms with van der Waals surface area (Å²) in [5.41, 5.74) is 1.41. The van der Waals surface area contributed by atoms with Gasteiger partial charge in [-0.25, -0.2) is 4.79 Å². The first-order valence-corrected chi connectivity index (χ1v) is 5.93. The van der Waals surface area contributed by atoms with Gasteiger partial charge in [0.25, 0.3) is 5.91 Å². The third-order valence-electron chi connectivity index (χ3n) is 3.09. The smallest absolute Gasteiger partial charge is 0.339 e. The minimum atomic E-state index is -1.12. The Morgan fingerprint density at radius 1 is 1.25 bits per heavy atom. The molecule has 0 fully saturated rings. The fourth-order valence-electron chi connectivity index (χ4n) is 1.96. The van der Waals surface area contributed by atoms with Crippen LogP contribution in [-0.4, -0.2) is 27.1 Å². The van der Waals surface area contributed by atoms with Gasteiger partial charge in [-0.2, -0.15) is 0 Å². The van der Waals surface area contributed by atoms with Gasteiger partial charge in [0.05, 0.1) is 5.69 Å². The van der Waals surface area contributed by atoms with E-state index >= 15 is 0 Å². The molecule has 1 amide bonds. The van der Waals surface area contributed by atoms with E-state index in [1.54, 1.807) is 26.0 Å². The predicted molar refractivity (Wildman–Crippen MR) is 73.3 cm³/mol. The molecule has 6 heteroatoms. The maximum absolute atomic E-state index is 12.1. The SMILES string of the molecule is Cc1[nH]cc(NC(=O)c2cccc(O)c2C)c1C(=O)O. The summed E-state index contributed by atoms with van der Waals surface area (Å²) in [7, 11) is 0. The number of hydrogen-bond acceptors (Lipinski definition) is 3. The highest BCUT2D eigenvalue weighted by Gasteiger charge is 2.19. The monoisotopic (exact) mass is 274 g/mol. The number of amides is 1. The third kappa shape index (κ3) is 2.35. The number of phenolic OH excluding ortho intramolecular Hbond substituents is 1. The molecule has 104 valence electrons. The summed E-state index contributed by atoms with van der Waals surface area (Å²) >= 11 is 0. The van der Waals surface area contributed by atoms with E-state index in [9.17, 15) is 14.7 Å². The standard InChI is InChI=1S/C14H14N2O4/c1-7-9(4-3-5-11(7)17)13(18)16-10-6-15-8(2)12(10)14(19)20/h3-6,15,17H,1-2H3,(H,16,18)(H,19,20). The zero-order valence-electron chi connectivity index (χ0n) is 11.0. The number of benzene rings is 1. The predicted octanol–water partition coefficient (Wildman–Crippen LogP) is 2.29. The number of hydrogen-bond donors (Lipinski definition) is 4. The Hall–Kier alpha value is -2.76. The van der Waals surface area contributed by atoms with Crippen LogP contribution in [0, 0.1) is 13.8 Å². The molecular formula is C14H14N2O4. The number of carbonyl (C=O) groups is 2. The van der Waals surface area contributed by atoms with Gasteiger partial charge in [-0.1, -0.05) is 6.07 Å². The zero-order valence-corrected chi connectivity index (χ0v) is 11.0. The van der Waals surface area contributed by atoms with Crippen molar-refractivity contribution in [3.8, 4) is 5.75 Å². The molecule has 1 aromatic heterocycles. The second-order valence-electron chi connectivity index (χ2n) is 4.41. The molecule has 2 aromatic rings. The lowest BCUT2D eigenvalue weighted by atomic mass is 10.1. The normalized spacial score (nSPS) is 10.3. The number of aromatic nitrogens is 1. The molecule has 0 unspecified atom stereocenters. The number of carboxylic acid groups (broad SMARTS) is 1. The van der Waals surface area contributed by atoms with Gasteiger partial charge in [0, 0.05) is 23.0 Å². The van der Waals surface area contributed by atoms with Gasteiger partial charge in [-0.3, -0.25) is 4.79 Å². The zero-order chi connectivity index (χ0) is 14.9. The first-order valence-electron chi connectivity index (χ1n) is 5.93. The molecule has 0 bridgehead atoms. The van der Waals surface area contributed by atoms with E-state index in [1.807, 2.05) is 0 Å². The van der Waals surface area contributed by atoms with Crippen LogP contribution in [0.15, 0.2) is 24.4 Å². The molecule has 6 nitrogen and oxygen atoms in total. The fourth-order valence-corrected chi connectivity index (χ4v) is 1.96. The van der Waals surface area contributed by atoms with Crippen molar-refractivity contribution in [3.63, 3.8) is 0 Å². The van der Waals surface area contributed by atoms with E-state index in [0.717, 1.165) is 0 Å². The summed E-state index contributed by atoms with van der Waals surface area (Å²) in [5, 5.41) is 21.2. The van der Waals surface area contributed by atoms with Crippen LogP contribution < -0.4 is 5.32 Å². The molecule has 0 aliphatic carbocycles. The number of carboxylic acids is 1. The van der Waals surface area contributed by atoms with Crippen molar-refractivity contribution in [2.24, 2.45) is 0 Å². The van der Waals surface area contributed by atoms with E-state index in [0.29, 0.717) is 16.8 Å². The Bertz CT molecular complexity index is 688. The highest BCUT2D eigenvalue weighted by atomic mass is 16.4. The van der Waals surface area contributed by atoms with Crippen LogP contribution in [0.3, 0.4) is 0 Å². The second kappa shape index (κ2) is 5.08. The van der Waals surface area contributed by atoms with E-state index in [-0.39, 0.29) is 17.0 Å². The van der Waals surface area contributed by atoms with E-state index in [4.69, 9.17) is 5.11 Å². The Morgan fingerprint density at radius 2 is 1.95 bits per heavy atom. The van der Waals surface area contributed by atoms with Crippen molar-refractivity contribution in [1.29, 1.82) is 0 Å². The molecule has 1 heterocycles. The van der Waals surface area contributed by atoms with Gasteiger partial charge in [0.2, 0.25) is 0 Å². The molecular weight excluding hydrogens is 260 g/mol. The number of nitrogens with one attached hydrogen (secondary N) is 2. The molecule has 0 spiro atoms. The van der Waals surface area contributed by atoms with Crippen molar-refractivity contribution < 1.29 is 19.8 Å². The van der Waals surface area contributed by atoms with Crippen LogP contribution in [0.4, 0.5) is 5.69 Å². The Kier molecular flexibility index (Phi) is 3.47. The second-order valence-corrected chi connectivity index (χ2v) is 4.41. The maximum Gasteiger partial charge on any atom is 0.339 e. The Morgan fingerprint density at radius 3 is 2.60 bits per heavy atom. The Balaban J connectivity index is 2.33. The summed E-state index contributed by atoms with van der Waals surface area (Å²) in [6.45, 7) is 3.23. The molecule has 0 aliphatic rings. The van der Waals surface area contributed by atoms with Crippen molar-refractivity contribution in [2.45, 2.75) is 13.8 Å². The van der Waals surface area contributed by atoms with Crippen molar-refractivity contribution >= 4 is 17.6 Å². The first-order chi connectivity index (χ1) is 9.41. The lowest BCUT2D eigenvalue weighted by Gasteiger charge is -2.08. The minimum absolute atomic E-state index is 0.0151. The summed E-state index contributed by atoms with van der Waals surface area (Å²) in [4.78, 5) is 26.0. The lowest BCUT2D eigenvalue weighted by molar-refractivity contribution is 0.0697. The number of phenols is 1. The summed E-state index contributed by atoms with van der Waals surface area (Å²) in [5.74, 6) is -1.58. The number of aromatic amines is 1. The van der Waals surface area contributed by atoms with E-state index in [1.165, 1.54) is 12.3 Å². The molecule has 4 N–H and O–H groups in total. The number of aromatic hydroxyl groups is 1. The summed E-state index contributed by atoms with van der Waals surface area (Å²) in [6.07, 6.45) is 1.43. The highest BCUT2D eigenvalue weighted by Crippen LogP contribution is 2.23. The van der Waals surface area contributed by atoms with Crippen molar-refractivity contribution in [3.05, 3.63) is 46.8 Å². The molecule has 0 saturated carbocycles. The summed E-state index contributed by atoms with van der Waals surface area (Å²) in [6, 6.07) is 4.59. The number of rotatable bonds is 3. The average Bonchev–Trinajstić information content (AvgIpc) is 2.73. The number of aryl methyl sites for hydroxylation is 1. The fraction of sp³-hybridized carbons (Fsp3) is 0.143. The van der Waals surface area contributed by atoms with E-state index in [2.05, 4.69) is 10.3 Å². The topological polar surface area (TPSA) is 102 Å². The third-order valence-corrected chi connectivity index (χ3v) is 3.09. The van der Waals surface area contributed by atoms with Crippen LogP contribution in [0.2, 0.25) is 0 Å². The Labute approximate surface area is 115 Å². The molecule has 0 radical (unpaired) electrons. The molecule has 1 aromatic carbocycles. The van der Waals surface area contributed by atoms with Crippen molar-refractivity contribution in [2.75, 3.05) is 5.32 Å². The largest absolute Gasteiger partial charge is 0.508 e. The van der Waals surface area contributed by atoms with Gasteiger partial charge in [0.1, 0.15) is 11.3 Å². The van der Waals surface area contributed by atoms with Crippen LogP contribution in [0.25, 0.3) is 0 Å². The molecule has 0 atom stereocenters. The first kappa shape index (κ1) is 13.7. The van der Waals surface area contributed by atoms with Crippen LogP contribution in [0.1, 0.15) is 32.0 Å². The minimum Gasteiger partial charge on any atom is -0.508 e. The lowest BCUT2D eigenvalue weighted by Crippen LogP contribution is -2.15.